The van der Waals surface area contributed by atoms with Gasteiger partial charge in [-0.15, -0.1) is 0 Å². The van der Waals surface area contributed by atoms with E-state index in [1.807, 2.05) is 18.2 Å². The lowest BCUT2D eigenvalue weighted by Crippen LogP contribution is -2.27. The van der Waals surface area contributed by atoms with E-state index < -0.39 is 5.92 Å². The molecule has 0 heterocycles. The Hall–Kier alpha value is -2.74. The second-order valence-corrected chi connectivity index (χ2v) is 15.0. The van der Waals surface area contributed by atoms with Crippen LogP contribution in [0.1, 0.15) is 113 Å². The summed E-state index contributed by atoms with van der Waals surface area (Å²) in [5.74, 6) is -1.17. The van der Waals surface area contributed by atoms with Gasteiger partial charge in [0.25, 0.3) is 0 Å². The summed E-state index contributed by atoms with van der Waals surface area (Å²) in [5, 5.41) is 0. The fraction of sp³-hybridized carbons (Fsp3) is 0.512. The third-order valence-electron chi connectivity index (χ3n) is 9.68. The van der Waals surface area contributed by atoms with Crippen LogP contribution in [-0.2, 0) is 31.1 Å². The number of aryl methyl sites for hydroxylation is 1. The maximum absolute atomic E-state index is 14.0. The molecule has 0 aromatic heterocycles. The summed E-state index contributed by atoms with van der Waals surface area (Å²) >= 11 is 0. The molecule has 3 aromatic carbocycles. The normalized spacial score (nSPS) is 19.2. The molecule has 1 aliphatic rings. The van der Waals surface area contributed by atoms with Crippen LogP contribution in [0, 0.1) is 17.3 Å². The first-order valence-corrected chi connectivity index (χ1v) is 16.6. The highest BCUT2D eigenvalue weighted by Gasteiger charge is 2.31. The molecular weight excluding hydrogens is 530 g/mol. The lowest BCUT2D eigenvalue weighted by atomic mass is 9.71. The van der Waals surface area contributed by atoms with Gasteiger partial charge in [0, 0.05) is 11.8 Å². The number of allylic oxidation sites excluding steroid dienone is 1. The summed E-state index contributed by atoms with van der Waals surface area (Å²) in [6.07, 6.45) is 10.3. The van der Waals surface area contributed by atoms with Gasteiger partial charge >= 0.3 is 0 Å². The van der Waals surface area contributed by atoms with E-state index in [9.17, 15) is 8.78 Å². The Balaban J connectivity index is 1.54. The molecule has 3 aromatic rings. The number of halogens is 2. The highest BCUT2D eigenvalue weighted by Crippen LogP contribution is 2.39. The SMILES string of the molecule is C=C(CC)C1CCC(CCc2ccc(CC(C)(c3cccc(CC(C)(C)C)c3)c3cccc(CC(C)(F)F)c3)cc2)CC1. The van der Waals surface area contributed by atoms with E-state index in [0.717, 1.165) is 50.0 Å². The molecule has 1 atom stereocenters. The lowest BCUT2D eigenvalue weighted by Gasteiger charge is -2.33. The van der Waals surface area contributed by atoms with Crippen LogP contribution in [-0.4, -0.2) is 5.92 Å². The van der Waals surface area contributed by atoms with Crippen LogP contribution < -0.4 is 0 Å². The van der Waals surface area contributed by atoms with Gasteiger partial charge in [-0.1, -0.05) is 120 Å². The molecule has 1 aliphatic carbocycles. The Bertz CT molecular complexity index is 1270. The van der Waals surface area contributed by atoms with Gasteiger partial charge in [0.15, 0.2) is 0 Å². The Morgan fingerprint density at radius 1 is 0.698 bits per heavy atom. The smallest absolute Gasteiger partial charge is 0.207 e. The average Bonchev–Trinajstić information content (AvgIpc) is 2.95. The monoisotopic (exact) mass is 584 g/mol. The number of benzene rings is 3. The topological polar surface area (TPSA) is 0 Å². The zero-order valence-corrected chi connectivity index (χ0v) is 27.6. The highest BCUT2D eigenvalue weighted by molar-refractivity contribution is 5.44. The van der Waals surface area contributed by atoms with Crippen molar-refractivity contribution in [1.82, 2.24) is 0 Å². The summed E-state index contributed by atoms with van der Waals surface area (Å²) in [5.41, 5.74) is 8.28. The van der Waals surface area contributed by atoms with Crippen molar-refractivity contribution in [2.75, 3.05) is 0 Å². The van der Waals surface area contributed by atoms with Crippen LogP contribution in [0.2, 0.25) is 0 Å². The minimum absolute atomic E-state index is 0.181. The van der Waals surface area contributed by atoms with Gasteiger partial charge in [-0.25, -0.2) is 8.78 Å². The van der Waals surface area contributed by atoms with Gasteiger partial charge in [0.05, 0.1) is 0 Å². The molecule has 1 saturated carbocycles. The molecular formula is C41H54F2. The first-order chi connectivity index (χ1) is 20.2. The van der Waals surface area contributed by atoms with Gasteiger partial charge < -0.3 is 0 Å². The predicted octanol–water partition coefficient (Wildman–Crippen LogP) is 11.7. The van der Waals surface area contributed by atoms with E-state index in [1.54, 1.807) is 0 Å². The summed E-state index contributed by atoms with van der Waals surface area (Å²) < 4.78 is 28.0. The molecule has 1 unspecified atom stereocenters. The Morgan fingerprint density at radius 2 is 1.23 bits per heavy atom. The molecule has 0 aliphatic heterocycles. The Kier molecular flexibility index (Phi) is 10.7. The summed E-state index contributed by atoms with van der Waals surface area (Å²) in [4.78, 5) is 0. The molecule has 0 N–H and O–H groups in total. The Labute approximate surface area is 261 Å². The van der Waals surface area contributed by atoms with Crippen LogP contribution in [0.4, 0.5) is 8.78 Å². The minimum Gasteiger partial charge on any atom is -0.207 e. The van der Waals surface area contributed by atoms with E-state index in [0.29, 0.717) is 5.56 Å². The van der Waals surface area contributed by atoms with Crippen LogP contribution in [0.5, 0.6) is 0 Å². The summed E-state index contributed by atoms with van der Waals surface area (Å²) in [6.45, 7) is 16.6. The van der Waals surface area contributed by atoms with Gasteiger partial charge in [0.2, 0.25) is 5.92 Å². The van der Waals surface area contributed by atoms with Crippen molar-refractivity contribution in [3.8, 4) is 0 Å². The molecule has 232 valence electrons. The predicted molar refractivity (Wildman–Crippen MR) is 180 cm³/mol. The minimum atomic E-state index is -2.74. The van der Waals surface area contributed by atoms with E-state index in [2.05, 4.69) is 95.8 Å². The molecule has 43 heavy (non-hydrogen) atoms. The van der Waals surface area contributed by atoms with Gasteiger partial charge in [-0.2, -0.15) is 0 Å². The van der Waals surface area contributed by atoms with Crippen molar-refractivity contribution < 1.29 is 8.78 Å². The molecule has 0 radical (unpaired) electrons. The first-order valence-electron chi connectivity index (χ1n) is 16.6. The molecule has 0 saturated heterocycles. The molecule has 0 amide bonds. The van der Waals surface area contributed by atoms with Crippen molar-refractivity contribution >= 4 is 0 Å². The van der Waals surface area contributed by atoms with Crippen molar-refractivity contribution in [1.29, 1.82) is 0 Å². The van der Waals surface area contributed by atoms with Gasteiger partial charge in [0.1, 0.15) is 0 Å². The second kappa shape index (κ2) is 13.9. The number of rotatable bonds is 12. The van der Waals surface area contributed by atoms with Gasteiger partial charge in [-0.05, 0) is 115 Å². The fourth-order valence-electron chi connectivity index (χ4n) is 7.14. The lowest BCUT2D eigenvalue weighted by molar-refractivity contribution is 0.0226. The first kappa shape index (κ1) is 33.2. The number of hydrogen-bond acceptors (Lipinski definition) is 0. The van der Waals surface area contributed by atoms with E-state index in [-0.39, 0.29) is 17.3 Å². The molecule has 0 bridgehead atoms. The van der Waals surface area contributed by atoms with E-state index in [1.165, 1.54) is 59.9 Å². The van der Waals surface area contributed by atoms with Gasteiger partial charge in [-0.3, -0.25) is 0 Å². The van der Waals surface area contributed by atoms with Crippen LogP contribution in [0.15, 0.2) is 84.9 Å². The summed E-state index contributed by atoms with van der Waals surface area (Å²) in [6, 6.07) is 26.0. The van der Waals surface area contributed by atoms with Crippen molar-refractivity contribution in [2.24, 2.45) is 17.3 Å². The molecule has 1 fully saturated rings. The Morgan fingerprint density at radius 3 is 1.74 bits per heavy atom. The fourth-order valence-corrected chi connectivity index (χ4v) is 7.14. The van der Waals surface area contributed by atoms with Crippen LogP contribution >= 0.6 is 0 Å². The van der Waals surface area contributed by atoms with Crippen molar-refractivity contribution in [3.05, 3.63) is 118 Å². The molecule has 0 nitrogen and oxygen atoms in total. The number of hydrogen-bond donors (Lipinski definition) is 0. The largest absolute Gasteiger partial charge is 0.249 e. The third-order valence-corrected chi connectivity index (χ3v) is 9.68. The van der Waals surface area contributed by atoms with Crippen LogP contribution in [0.25, 0.3) is 0 Å². The van der Waals surface area contributed by atoms with Crippen molar-refractivity contribution in [3.63, 3.8) is 0 Å². The van der Waals surface area contributed by atoms with E-state index >= 15 is 0 Å². The maximum atomic E-state index is 14.0. The average molecular weight is 585 g/mol. The highest BCUT2D eigenvalue weighted by atomic mass is 19.3. The van der Waals surface area contributed by atoms with Crippen molar-refractivity contribution in [2.45, 2.75) is 117 Å². The van der Waals surface area contributed by atoms with E-state index in [4.69, 9.17) is 0 Å². The molecule has 0 spiro atoms. The second-order valence-electron chi connectivity index (χ2n) is 15.0. The van der Waals surface area contributed by atoms with Crippen LogP contribution in [0.3, 0.4) is 0 Å². The maximum Gasteiger partial charge on any atom is 0.249 e. The zero-order valence-electron chi connectivity index (χ0n) is 27.6. The molecule has 2 heteroatoms. The quantitative estimate of drug-likeness (QED) is 0.186. The molecule has 4 rings (SSSR count). The standard InChI is InChI=1S/C41H54F2/c1-8-30(2)36-23-21-32(22-24-36)16-15-31-17-19-33(20-18-31)28-40(6,37-13-9-11-34(25-37)27-39(3,4)5)38-14-10-12-35(26-38)29-41(7,42)43/h9-14,17-20,25-26,32,36H,2,8,15-16,21-24,27-29H2,1,3-7H3. The zero-order chi connectivity index (χ0) is 31.3. The third kappa shape index (κ3) is 9.62. The number of alkyl halides is 2. The summed E-state index contributed by atoms with van der Waals surface area (Å²) in [7, 11) is 0.